The van der Waals surface area contributed by atoms with Crippen LogP contribution in [0.3, 0.4) is 0 Å². The van der Waals surface area contributed by atoms with E-state index in [-0.39, 0.29) is 12.0 Å². The van der Waals surface area contributed by atoms with Gasteiger partial charge in [-0.25, -0.2) is 4.98 Å². The number of hydrogen-bond donors (Lipinski definition) is 0. The summed E-state index contributed by atoms with van der Waals surface area (Å²) in [6.07, 6.45) is 0.867. The van der Waals surface area contributed by atoms with Crippen molar-refractivity contribution >= 4 is 5.91 Å². The Morgan fingerprint density at radius 1 is 1.47 bits per heavy atom. The molecule has 0 aliphatic carbocycles. The Bertz CT molecular complexity index is 474. The second-order valence-electron chi connectivity index (χ2n) is 5.32. The van der Waals surface area contributed by atoms with Gasteiger partial charge in [0.1, 0.15) is 11.7 Å². The highest BCUT2D eigenvalue weighted by atomic mass is 16.5. The average Bonchev–Trinajstić information content (AvgIpc) is 2.45. The average molecular weight is 263 g/mol. The lowest BCUT2D eigenvalue weighted by atomic mass is 10.2. The van der Waals surface area contributed by atoms with Crippen molar-refractivity contribution in [3.63, 3.8) is 0 Å². The van der Waals surface area contributed by atoms with Crippen molar-refractivity contribution in [2.45, 2.75) is 19.4 Å². The lowest BCUT2D eigenvalue weighted by molar-refractivity contribution is 0.0749. The van der Waals surface area contributed by atoms with Crippen LogP contribution in [0.4, 0.5) is 0 Å². The summed E-state index contributed by atoms with van der Waals surface area (Å²) in [5.74, 6) is 0.452. The van der Waals surface area contributed by atoms with Crippen molar-refractivity contribution in [2.75, 3.05) is 34.2 Å². The molecule has 2 rings (SSSR count). The number of rotatable bonds is 3. The topological polar surface area (TPSA) is 45.7 Å². The summed E-state index contributed by atoms with van der Waals surface area (Å²) in [6, 6.07) is 3.64. The van der Waals surface area contributed by atoms with E-state index in [2.05, 4.69) is 9.88 Å². The van der Waals surface area contributed by atoms with E-state index in [0.717, 1.165) is 18.7 Å². The summed E-state index contributed by atoms with van der Waals surface area (Å²) in [7, 11) is 5.87. The van der Waals surface area contributed by atoms with Gasteiger partial charge in [-0.1, -0.05) is 0 Å². The second-order valence-corrected chi connectivity index (χ2v) is 5.32. The van der Waals surface area contributed by atoms with E-state index in [1.54, 1.807) is 11.0 Å². The smallest absolute Gasteiger partial charge is 0.259 e. The van der Waals surface area contributed by atoms with E-state index in [4.69, 9.17) is 4.74 Å². The van der Waals surface area contributed by atoms with Crippen LogP contribution in [0.1, 0.15) is 22.5 Å². The number of amides is 1. The fourth-order valence-electron chi connectivity index (χ4n) is 2.13. The molecule has 0 saturated carbocycles. The van der Waals surface area contributed by atoms with Crippen molar-refractivity contribution in [2.24, 2.45) is 0 Å². The van der Waals surface area contributed by atoms with Gasteiger partial charge in [0.25, 0.3) is 5.91 Å². The molecule has 1 aromatic heterocycles. The Morgan fingerprint density at radius 3 is 2.89 bits per heavy atom. The van der Waals surface area contributed by atoms with Crippen molar-refractivity contribution in [3.8, 4) is 5.88 Å². The number of carbonyl (C=O) groups excluding carboxylic acids is 1. The Hall–Kier alpha value is -1.62. The van der Waals surface area contributed by atoms with Crippen molar-refractivity contribution < 1.29 is 9.53 Å². The molecule has 0 saturated heterocycles. The molecule has 0 fully saturated rings. The fourth-order valence-corrected chi connectivity index (χ4v) is 2.13. The minimum atomic E-state index is -0.0187. The molecular weight excluding hydrogens is 242 g/mol. The largest absolute Gasteiger partial charge is 0.472 e. The maximum atomic E-state index is 12.2. The third-order valence-electron chi connectivity index (χ3n) is 3.23. The Labute approximate surface area is 114 Å². The first-order valence-electron chi connectivity index (χ1n) is 6.52. The molecule has 19 heavy (non-hydrogen) atoms. The second kappa shape index (κ2) is 5.57. The SMILES string of the molecule is Cc1ccc2c(n1)OC(CCN(C)C)CN(C)C2=O. The van der Waals surface area contributed by atoms with E-state index < -0.39 is 0 Å². The third kappa shape index (κ3) is 3.23. The molecule has 1 aromatic rings. The molecule has 0 radical (unpaired) electrons. The van der Waals surface area contributed by atoms with E-state index in [0.29, 0.717) is 18.0 Å². The first-order valence-corrected chi connectivity index (χ1v) is 6.52. The van der Waals surface area contributed by atoms with Crippen molar-refractivity contribution in [1.82, 2.24) is 14.8 Å². The molecular formula is C14H21N3O2. The lowest BCUT2D eigenvalue weighted by Crippen LogP contribution is -2.35. The molecule has 5 heteroatoms. The highest BCUT2D eigenvalue weighted by molar-refractivity contribution is 5.96. The van der Waals surface area contributed by atoms with Crippen LogP contribution in [0, 0.1) is 6.92 Å². The highest BCUT2D eigenvalue weighted by Crippen LogP contribution is 2.23. The van der Waals surface area contributed by atoms with Gasteiger partial charge >= 0.3 is 0 Å². The Balaban J connectivity index is 2.23. The van der Waals surface area contributed by atoms with Crippen LogP contribution < -0.4 is 4.74 Å². The van der Waals surface area contributed by atoms with Gasteiger partial charge in [-0.2, -0.15) is 0 Å². The standard InChI is InChI=1S/C14H21N3O2/c1-10-5-6-12-13(15-10)19-11(7-8-16(2)3)9-17(4)14(12)18/h5-6,11H,7-9H2,1-4H3. The highest BCUT2D eigenvalue weighted by Gasteiger charge is 2.27. The molecule has 5 nitrogen and oxygen atoms in total. The number of carbonyl (C=O) groups is 1. The number of aryl methyl sites for hydroxylation is 1. The quantitative estimate of drug-likeness (QED) is 0.821. The van der Waals surface area contributed by atoms with Crippen LogP contribution in [-0.4, -0.2) is 61.0 Å². The van der Waals surface area contributed by atoms with Crippen LogP contribution >= 0.6 is 0 Å². The summed E-state index contributed by atoms with van der Waals surface area (Å²) in [6.45, 7) is 3.42. The van der Waals surface area contributed by atoms with Crippen molar-refractivity contribution in [3.05, 3.63) is 23.4 Å². The van der Waals surface area contributed by atoms with E-state index >= 15 is 0 Å². The summed E-state index contributed by atoms with van der Waals surface area (Å²) in [5, 5.41) is 0. The van der Waals surface area contributed by atoms with Gasteiger partial charge in [-0.15, -0.1) is 0 Å². The molecule has 1 amide bonds. The van der Waals surface area contributed by atoms with Gasteiger partial charge in [0.2, 0.25) is 5.88 Å². The molecule has 0 aromatic carbocycles. The predicted octanol–water partition coefficient (Wildman–Crippen LogP) is 1.17. The number of hydrogen-bond acceptors (Lipinski definition) is 4. The van der Waals surface area contributed by atoms with Gasteiger partial charge in [0.05, 0.1) is 6.54 Å². The predicted molar refractivity (Wildman–Crippen MR) is 73.5 cm³/mol. The summed E-state index contributed by atoms with van der Waals surface area (Å²) >= 11 is 0. The third-order valence-corrected chi connectivity index (χ3v) is 3.23. The zero-order valence-electron chi connectivity index (χ0n) is 12.0. The van der Waals surface area contributed by atoms with Crippen LogP contribution in [0.15, 0.2) is 12.1 Å². The molecule has 2 heterocycles. The van der Waals surface area contributed by atoms with Crippen LogP contribution in [0.2, 0.25) is 0 Å². The maximum absolute atomic E-state index is 12.2. The Kier molecular flexibility index (Phi) is 4.04. The molecule has 1 aliphatic heterocycles. The molecule has 1 unspecified atom stereocenters. The summed E-state index contributed by atoms with van der Waals surface area (Å²) in [5.41, 5.74) is 1.42. The normalized spacial score (nSPS) is 19.1. The van der Waals surface area contributed by atoms with Gasteiger partial charge in [-0.05, 0) is 39.6 Å². The number of fused-ring (bicyclic) bond motifs is 1. The van der Waals surface area contributed by atoms with Gasteiger partial charge in [-0.3, -0.25) is 4.79 Å². The first-order chi connectivity index (χ1) is 8.97. The van der Waals surface area contributed by atoms with E-state index in [1.165, 1.54) is 0 Å². The Morgan fingerprint density at radius 2 is 2.21 bits per heavy atom. The van der Waals surface area contributed by atoms with Crippen molar-refractivity contribution in [1.29, 1.82) is 0 Å². The molecule has 1 aliphatic rings. The number of aromatic nitrogens is 1. The molecule has 104 valence electrons. The van der Waals surface area contributed by atoms with Gasteiger partial charge < -0.3 is 14.5 Å². The zero-order valence-corrected chi connectivity index (χ0v) is 12.0. The van der Waals surface area contributed by atoms with Crippen LogP contribution in [0.5, 0.6) is 5.88 Å². The summed E-state index contributed by atoms with van der Waals surface area (Å²) < 4.78 is 5.93. The van der Waals surface area contributed by atoms with Crippen LogP contribution in [-0.2, 0) is 0 Å². The maximum Gasteiger partial charge on any atom is 0.259 e. The molecule has 0 N–H and O–H groups in total. The zero-order chi connectivity index (χ0) is 14.0. The van der Waals surface area contributed by atoms with Crippen LogP contribution in [0.25, 0.3) is 0 Å². The summed E-state index contributed by atoms with van der Waals surface area (Å²) in [4.78, 5) is 20.4. The van der Waals surface area contributed by atoms with E-state index in [9.17, 15) is 4.79 Å². The number of ether oxygens (including phenoxy) is 1. The minimum Gasteiger partial charge on any atom is -0.472 e. The fraction of sp³-hybridized carbons (Fsp3) is 0.571. The molecule has 0 bridgehead atoms. The minimum absolute atomic E-state index is 0.00750. The number of nitrogens with zero attached hydrogens (tertiary/aromatic N) is 3. The molecule has 0 spiro atoms. The van der Waals surface area contributed by atoms with Gasteiger partial charge in [0.15, 0.2) is 0 Å². The van der Waals surface area contributed by atoms with Gasteiger partial charge in [0, 0.05) is 19.3 Å². The lowest BCUT2D eigenvalue weighted by Gasteiger charge is -2.21. The number of likely N-dealkylation sites (N-methyl/N-ethyl adjacent to an activating group) is 1. The monoisotopic (exact) mass is 263 g/mol. The molecule has 1 atom stereocenters. The number of pyridine rings is 1. The first kappa shape index (κ1) is 13.8. The van der Waals surface area contributed by atoms with E-state index in [1.807, 2.05) is 34.1 Å².